The molecule has 180 valence electrons. The van der Waals surface area contributed by atoms with Gasteiger partial charge in [0.2, 0.25) is 0 Å². The predicted octanol–water partition coefficient (Wildman–Crippen LogP) is 3.71. The van der Waals surface area contributed by atoms with Crippen molar-refractivity contribution in [2.75, 3.05) is 25.1 Å². The van der Waals surface area contributed by atoms with Gasteiger partial charge in [0.1, 0.15) is 6.04 Å². The zero-order valence-electron chi connectivity index (χ0n) is 19.0. The van der Waals surface area contributed by atoms with Crippen molar-refractivity contribution < 1.29 is 24.2 Å². The van der Waals surface area contributed by atoms with Gasteiger partial charge in [0.25, 0.3) is 5.91 Å². The summed E-state index contributed by atoms with van der Waals surface area (Å²) < 4.78 is 5.23. The number of methoxy groups -OCH3 is 1. The number of rotatable bonds is 5. The summed E-state index contributed by atoms with van der Waals surface area (Å²) in [7, 11) is 1.50. The molecule has 34 heavy (non-hydrogen) atoms. The molecule has 2 aromatic rings. The third kappa shape index (κ3) is 5.03. The highest BCUT2D eigenvalue weighted by Gasteiger charge is 2.39. The van der Waals surface area contributed by atoms with Crippen molar-refractivity contribution in [3.63, 3.8) is 0 Å². The van der Waals surface area contributed by atoms with Crippen LogP contribution in [0.15, 0.2) is 42.5 Å². The lowest BCUT2D eigenvalue weighted by Gasteiger charge is -2.24. The van der Waals surface area contributed by atoms with Gasteiger partial charge >= 0.3 is 12.0 Å². The minimum Gasteiger partial charge on any atom is -0.480 e. The molecule has 0 aromatic heterocycles. The minimum absolute atomic E-state index is 0.151. The van der Waals surface area contributed by atoms with Crippen LogP contribution in [0.2, 0.25) is 5.02 Å². The van der Waals surface area contributed by atoms with Crippen LogP contribution in [0.5, 0.6) is 0 Å². The highest BCUT2D eigenvalue weighted by molar-refractivity contribution is 6.34. The Bertz CT molecular complexity index is 1090. The number of benzene rings is 2. The highest BCUT2D eigenvalue weighted by atomic mass is 35.5. The Balaban J connectivity index is 1.44. The Morgan fingerprint density at radius 2 is 1.97 bits per heavy atom. The van der Waals surface area contributed by atoms with E-state index in [1.165, 1.54) is 12.0 Å². The van der Waals surface area contributed by atoms with E-state index in [0.717, 1.165) is 30.5 Å². The van der Waals surface area contributed by atoms with Crippen LogP contribution in [0.1, 0.15) is 40.7 Å². The van der Waals surface area contributed by atoms with Gasteiger partial charge in [-0.2, -0.15) is 0 Å². The molecule has 0 spiro atoms. The Hall–Kier alpha value is -3.10. The molecule has 8 nitrogen and oxygen atoms in total. The second-order valence-electron chi connectivity index (χ2n) is 8.62. The maximum atomic E-state index is 13.3. The molecule has 2 aliphatic heterocycles. The molecule has 1 fully saturated rings. The maximum absolute atomic E-state index is 13.3. The predicted molar refractivity (Wildman–Crippen MR) is 128 cm³/mol. The lowest BCUT2D eigenvalue weighted by Crippen LogP contribution is -2.46. The van der Waals surface area contributed by atoms with E-state index in [4.69, 9.17) is 16.3 Å². The number of ether oxygens (including phenoxy) is 1. The van der Waals surface area contributed by atoms with Crippen LogP contribution < -0.4 is 10.2 Å². The van der Waals surface area contributed by atoms with E-state index >= 15 is 0 Å². The molecule has 0 saturated carbocycles. The van der Waals surface area contributed by atoms with Crippen molar-refractivity contribution >= 4 is 35.2 Å². The van der Waals surface area contributed by atoms with Crippen LogP contribution >= 0.6 is 11.6 Å². The summed E-state index contributed by atoms with van der Waals surface area (Å²) in [4.78, 5) is 40.5. The normalized spacial score (nSPS) is 19.9. The Labute approximate surface area is 203 Å². The molecule has 0 bridgehead atoms. The third-order valence-corrected chi connectivity index (χ3v) is 6.77. The number of anilines is 1. The van der Waals surface area contributed by atoms with Crippen molar-refractivity contribution in [2.45, 2.75) is 44.4 Å². The molecule has 3 amide bonds. The number of urea groups is 1. The average molecular weight is 486 g/mol. The van der Waals surface area contributed by atoms with Crippen molar-refractivity contribution in [3.05, 3.63) is 64.2 Å². The van der Waals surface area contributed by atoms with Gasteiger partial charge in [0.15, 0.2) is 0 Å². The van der Waals surface area contributed by atoms with Crippen LogP contribution in [-0.4, -0.2) is 60.3 Å². The standard InChI is InChI=1S/C25H28ClN3O5/c1-34-18-13-22(24(31)32)29(15-18)25(33)27-14-16-9-10-19(20(26)12-16)23(30)28-11-5-4-7-17-6-2-3-8-21(17)28/h2-3,6,8-10,12,18,22H,4-5,7,11,13-15H2,1H3,(H,27,33)(H,31,32)/t18-,22+/m1/s1. The fourth-order valence-electron chi connectivity index (χ4n) is 4.60. The van der Waals surface area contributed by atoms with Gasteiger partial charge in [-0.1, -0.05) is 35.9 Å². The van der Waals surface area contributed by atoms with E-state index in [9.17, 15) is 19.5 Å². The number of carboxylic acids is 1. The molecular formula is C25H28ClN3O5. The molecule has 2 aromatic carbocycles. The molecule has 2 atom stereocenters. The number of carbonyl (C=O) groups excluding carboxylic acids is 2. The van der Waals surface area contributed by atoms with Gasteiger partial charge < -0.3 is 25.0 Å². The van der Waals surface area contributed by atoms with Gasteiger partial charge in [-0.3, -0.25) is 4.79 Å². The molecule has 0 radical (unpaired) electrons. The Morgan fingerprint density at radius 3 is 2.71 bits per heavy atom. The smallest absolute Gasteiger partial charge is 0.326 e. The second kappa shape index (κ2) is 10.4. The van der Waals surface area contributed by atoms with E-state index in [1.54, 1.807) is 23.1 Å². The summed E-state index contributed by atoms with van der Waals surface area (Å²) in [6, 6.07) is 11.6. The monoisotopic (exact) mass is 485 g/mol. The number of likely N-dealkylation sites (tertiary alicyclic amines) is 1. The number of hydrogen-bond donors (Lipinski definition) is 2. The fourth-order valence-corrected chi connectivity index (χ4v) is 4.88. The number of hydrogen-bond acceptors (Lipinski definition) is 4. The highest BCUT2D eigenvalue weighted by Crippen LogP contribution is 2.29. The molecule has 4 rings (SSSR count). The molecular weight excluding hydrogens is 458 g/mol. The SMILES string of the molecule is CO[C@@H]1C[C@@H](C(=O)O)N(C(=O)NCc2ccc(C(=O)N3CCCCc4ccccc43)c(Cl)c2)C1. The first-order chi connectivity index (χ1) is 16.4. The van der Waals surface area contributed by atoms with Gasteiger partial charge in [-0.15, -0.1) is 0 Å². The van der Waals surface area contributed by atoms with Gasteiger partial charge in [0.05, 0.1) is 16.7 Å². The first-order valence-electron chi connectivity index (χ1n) is 11.4. The lowest BCUT2D eigenvalue weighted by molar-refractivity contribution is -0.141. The molecule has 0 unspecified atom stereocenters. The second-order valence-corrected chi connectivity index (χ2v) is 9.02. The lowest BCUT2D eigenvalue weighted by atomic mass is 10.1. The van der Waals surface area contributed by atoms with Gasteiger partial charge in [-0.25, -0.2) is 9.59 Å². The van der Waals surface area contributed by atoms with Crippen molar-refractivity contribution in [2.24, 2.45) is 0 Å². The van der Waals surface area contributed by atoms with E-state index in [0.29, 0.717) is 22.7 Å². The van der Waals surface area contributed by atoms with E-state index in [2.05, 4.69) is 11.4 Å². The summed E-state index contributed by atoms with van der Waals surface area (Å²) in [6.07, 6.45) is 2.83. The van der Waals surface area contributed by atoms with Crippen LogP contribution in [0.4, 0.5) is 10.5 Å². The molecule has 9 heteroatoms. The van der Waals surface area contributed by atoms with Crippen molar-refractivity contribution in [1.29, 1.82) is 0 Å². The molecule has 2 aliphatic rings. The zero-order valence-corrected chi connectivity index (χ0v) is 19.8. The van der Waals surface area contributed by atoms with Gasteiger partial charge in [0, 0.05) is 38.9 Å². The van der Waals surface area contributed by atoms with E-state index < -0.39 is 18.0 Å². The number of amides is 3. The number of carboxylic acid groups (broad SMARTS) is 1. The number of nitrogens with zero attached hydrogens (tertiary/aromatic N) is 2. The first-order valence-corrected chi connectivity index (χ1v) is 11.7. The summed E-state index contributed by atoms with van der Waals surface area (Å²) in [5, 5.41) is 12.5. The quantitative estimate of drug-likeness (QED) is 0.672. The number of carbonyl (C=O) groups is 3. The summed E-state index contributed by atoms with van der Waals surface area (Å²) in [5.74, 6) is -1.21. The summed E-state index contributed by atoms with van der Waals surface area (Å²) >= 11 is 6.49. The number of para-hydroxylation sites is 1. The maximum Gasteiger partial charge on any atom is 0.326 e. The number of fused-ring (bicyclic) bond motifs is 1. The molecule has 1 saturated heterocycles. The summed E-state index contributed by atoms with van der Waals surface area (Å²) in [5.41, 5.74) is 3.19. The van der Waals surface area contributed by atoms with E-state index in [-0.39, 0.29) is 31.5 Å². The third-order valence-electron chi connectivity index (χ3n) is 6.46. The molecule has 0 aliphatic carbocycles. The summed E-state index contributed by atoms with van der Waals surface area (Å²) in [6.45, 7) is 0.998. The number of aryl methyl sites for hydroxylation is 1. The van der Waals surface area contributed by atoms with Crippen LogP contribution in [0, 0.1) is 0 Å². The van der Waals surface area contributed by atoms with Crippen LogP contribution in [0.3, 0.4) is 0 Å². The molecule has 2 N–H and O–H groups in total. The fraction of sp³-hybridized carbons (Fsp3) is 0.400. The average Bonchev–Trinajstić information content (AvgIpc) is 3.16. The van der Waals surface area contributed by atoms with Crippen LogP contribution in [0.25, 0.3) is 0 Å². The topological polar surface area (TPSA) is 99.2 Å². The minimum atomic E-state index is -1.06. The Kier molecular flexibility index (Phi) is 7.38. The Morgan fingerprint density at radius 1 is 1.18 bits per heavy atom. The van der Waals surface area contributed by atoms with E-state index in [1.807, 2.05) is 18.2 Å². The van der Waals surface area contributed by atoms with Gasteiger partial charge in [-0.05, 0) is 48.6 Å². The number of nitrogens with one attached hydrogen (secondary N) is 1. The molecule has 2 heterocycles. The zero-order chi connectivity index (χ0) is 24.2. The van der Waals surface area contributed by atoms with Crippen LogP contribution in [-0.2, 0) is 22.5 Å². The van der Waals surface area contributed by atoms with Crippen molar-refractivity contribution in [3.8, 4) is 0 Å². The largest absolute Gasteiger partial charge is 0.480 e. The van der Waals surface area contributed by atoms with Crippen molar-refractivity contribution in [1.82, 2.24) is 10.2 Å². The number of aliphatic carboxylic acids is 1. The first kappa shape index (κ1) is 24.0. The number of halogens is 1.